The van der Waals surface area contributed by atoms with Gasteiger partial charge in [-0.25, -0.2) is 0 Å². The second-order valence-electron chi connectivity index (χ2n) is 5.66. The van der Waals surface area contributed by atoms with Crippen LogP contribution in [0.3, 0.4) is 0 Å². The molecule has 0 heterocycles. The first-order valence-corrected chi connectivity index (χ1v) is 6.79. The van der Waals surface area contributed by atoms with Crippen LogP contribution in [-0.4, -0.2) is 27.4 Å². The lowest BCUT2D eigenvalue weighted by atomic mass is 9.89. The SMILES string of the molecule is COCCC(C)(C)CNCc1ccc(OC)c(C#N)c1. The van der Waals surface area contributed by atoms with Gasteiger partial charge in [0.05, 0.1) is 12.7 Å². The van der Waals surface area contributed by atoms with Crippen molar-refractivity contribution in [3.05, 3.63) is 29.3 Å². The van der Waals surface area contributed by atoms with Crippen LogP contribution in [0.15, 0.2) is 18.2 Å². The molecule has 0 amide bonds. The molecule has 110 valence electrons. The Morgan fingerprint density at radius 2 is 2.05 bits per heavy atom. The Morgan fingerprint density at radius 3 is 2.65 bits per heavy atom. The van der Waals surface area contributed by atoms with Crippen LogP contribution in [0.2, 0.25) is 0 Å². The van der Waals surface area contributed by atoms with Crippen LogP contribution in [0.4, 0.5) is 0 Å². The first-order valence-electron chi connectivity index (χ1n) is 6.79. The van der Waals surface area contributed by atoms with Crippen molar-refractivity contribution in [2.45, 2.75) is 26.8 Å². The fourth-order valence-electron chi connectivity index (χ4n) is 1.96. The lowest BCUT2D eigenvalue weighted by Crippen LogP contribution is -2.30. The number of methoxy groups -OCH3 is 2. The fraction of sp³-hybridized carbons (Fsp3) is 0.562. The summed E-state index contributed by atoms with van der Waals surface area (Å²) in [7, 11) is 3.30. The summed E-state index contributed by atoms with van der Waals surface area (Å²) in [6.45, 7) is 6.86. The smallest absolute Gasteiger partial charge is 0.136 e. The van der Waals surface area contributed by atoms with Crippen LogP contribution < -0.4 is 10.1 Å². The first-order chi connectivity index (χ1) is 9.52. The van der Waals surface area contributed by atoms with Gasteiger partial charge in [0.1, 0.15) is 11.8 Å². The van der Waals surface area contributed by atoms with Crippen molar-refractivity contribution in [2.24, 2.45) is 5.41 Å². The van der Waals surface area contributed by atoms with E-state index in [0.717, 1.165) is 31.7 Å². The van der Waals surface area contributed by atoms with Crippen molar-refractivity contribution in [2.75, 3.05) is 27.4 Å². The Hall–Kier alpha value is -1.57. The van der Waals surface area contributed by atoms with Gasteiger partial charge in [0, 0.05) is 26.8 Å². The van der Waals surface area contributed by atoms with Gasteiger partial charge in [0.15, 0.2) is 0 Å². The summed E-state index contributed by atoms with van der Waals surface area (Å²) < 4.78 is 10.3. The lowest BCUT2D eigenvalue weighted by molar-refractivity contribution is 0.150. The van der Waals surface area contributed by atoms with Crippen LogP contribution in [0.1, 0.15) is 31.4 Å². The van der Waals surface area contributed by atoms with E-state index in [1.807, 2.05) is 18.2 Å². The average molecular weight is 276 g/mol. The number of hydrogen-bond acceptors (Lipinski definition) is 4. The van der Waals surface area contributed by atoms with Gasteiger partial charge >= 0.3 is 0 Å². The van der Waals surface area contributed by atoms with E-state index in [9.17, 15) is 0 Å². The summed E-state index contributed by atoms with van der Waals surface area (Å²) in [6.07, 6.45) is 1.02. The summed E-state index contributed by atoms with van der Waals surface area (Å²) >= 11 is 0. The molecule has 0 radical (unpaired) electrons. The summed E-state index contributed by atoms with van der Waals surface area (Å²) in [5, 5.41) is 12.5. The van der Waals surface area contributed by atoms with Gasteiger partial charge < -0.3 is 14.8 Å². The van der Waals surface area contributed by atoms with Gasteiger partial charge in [-0.1, -0.05) is 19.9 Å². The molecule has 0 saturated heterocycles. The molecule has 0 fully saturated rings. The number of benzene rings is 1. The van der Waals surface area contributed by atoms with Crippen molar-refractivity contribution in [3.63, 3.8) is 0 Å². The zero-order chi connectivity index (χ0) is 15.0. The van der Waals surface area contributed by atoms with E-state index < -0.39 is 0 Å². The van der Waals surface area contributed by atoms with Gasteiger partial charge in [0.2, 0.25) is 0 Å². The maximum Gasteiger partial charge on any atom is 0.136 e. The van der Waals surface area contributed by atoms with E-state index in [2.05, 4.69) is 25.2 Å². The summed E-state index contributed by atoms with van der Waals surface area (Å²) in [6, 6.07) is 7.84. The predicted molar refractivity (Wildman–Crippen MR) is 79.7 cm³/mol. The summed E-state index contributed by atoms with van der Waals surface area (Å²) in [5.41, 5.74) is 1.86. The maximum atomic E-state index is 9.06. The number of rotatable bonds is 8. The van der Waals surface area contributed by atoms with E-state index >= 15 is 0 Å². The van der Waals surface area contributed by atoms with Crippen LogP contribution >= 0.6 is 0 Å². The van der Waals surface area contributed by atoms with E-state index in [4.69, 9.17) is 14.7 Å². The van der Waals surface area contributed by atoms with Gasteiger partial charge in [-0.15, -0.1) is 0 Å². The zero-order valence-corrected chi connectivity index (χ0v) is 12.8. The maximum absolute atomic E-state index is 9.06. The van der Waals surface area contributed by atoms with Crippen molar-refractivity contribution in [1.29, 1.82) is 5.26 Å². The molecule has 20 heavy (non-hydrogen) atoms. The average Bonchev–Trinajstić information content (AvgIpc) is 2.44. The highest BCUT2D eigenvalue weighted by atomic mass is 16.5. The van der Waals surface area contributed by atoms with Crippen molar-refractivity contribution in [1.82, 2.24) is 5.32 Å². The highest BCUT2D eigenvalue weighted by molar-refractivity contribution is 5.45. The molecule has 0 atom stereocenters. The van der Waals surface area contributed by atoms with Crippen LogP contribution in [0.5, 0.6) is 5.75 Å². The number of ether oxygens (including phenoxy) is 2. The van der Waals surface area contributed by atoms with E-state index in [1.54, 1.807) is 14.2 Å². The van der Waals surface area contributed by atoms with Crippen LogP contribution in [-0.2, 0) is 11.3 Å². The molecule has 0 bridgehead atoms. The molecule has 1 rings (SSSR count). The predicted octanol–water partition coefficient (Wildman–Crippen LogP) is 2.72. The molecule has 0 aromatic heterocycles. The standard InChI is InChI=1S/C16H24N2O2/c1-16(2,7-8-19-3)12-18-11-13-5-6-15(20-4)14(9-13)10-17/h5-6,9,18H,7-8,11-12H2,1-4H3. The Balaban J connectivity index is 2.52. The minimum Gasteiger partial charge on any atom is -0.495 e. The second kappa shape index (κ2) is 7.88. The van der Waals surface area contributed by atoms with E-state index in [1.165, 1.54) is 0 Å². The number of hydrogen-bond donors (Lipinski definition) is 1. The van der Waals surface area contributed by atoms with Gasteiger partial charge in [-0.05, 0) is 29.5 Å². The Morgan fingerprint density at radius 1 is 1.30 bits per heavy atom. The zero-order valence-electron chi connectivity index (χ0n) is 12.8. The highest BCUT2D eigenvalue weighted by Crippen LogP contribution is 2.20. The molecule has 0 saturated carbocycles. The molecular formula is C16H24N2O2. The molecule has 1 aromatic carbocycles. The van der Waals surface area contributed by atoms with Gasteiger partial charge in [0.25, 0.3) is 0 Å². The molecule has 4 heteroatoms. The Labute approximate surface area is 121 Å². The number of nitrogens with one attached hydrogen (secondary N) is 1. The summed E-state index contributed by atoms with van der Waals surface area (Å²) in [5.74, 6) is 0.622. The normalized spacial score (nSPS) is 11.2. The van der Waals surface area contributed by atoms with Crippen molar-refractivity contribution < 1.29 is 9.47 Å². The Kier molecular flexibility index (Phi) is 6.50. The van der Waals surface area contributed by atoms with Crippen LogP contribution in [0.25, 0.3) is 0 Å². The van der Waals surface area contributed by atoms with Gasteiger partial charge in [-0.2, -0.15) is 5.26 Å². The minimum atomic E-state index is 0.195. The first kappa shape index (κ1) is 16.5. The quantitative estimate of drug-likeness (QED) is 0.793. The third-order valence-corrected chi connectivity index (χ3v) is 3.30. The topological polar surface area (TPSA) is 54.3 Å². The van der Waals surface area contributed by atoms with Crippen molar-refractivity contribution in [3.8, 4) is 11.8 Å². The molecule has 0 aliphatic carbocycles. The van der Waals surface area contributed by atoms with Gasteiger partial charge in [-0.3, -0.25) is 0 Å². The van der Waals surface area contributed by atoms with Crippen LogP contribution in [0, 0.1) is 16.7 Å². The Bertz CT molecular complexity index is 464. The minimum absolute atomic E-state index is 0.195. The third kappa shape index (κ3) is 5.20. The molecule has 0 unspecified atom stereocenters. The number of nitriles is 1. The second-order valence-corrected chi connectivity index (χ2v) is 5.66. The van der Waals surface area contributed by atoms with E-state index in [0.29, 0.717) is 11.3 Å². The largest absolute Gasteiger partial charge is 0.495 e. The highest BCUT2D eigenvalue weighted by Gasteiger charge is 2.16. The number of nitrogens with zero attached hydrogens (tertiary/aromatic N) is 1. The summed E-state index contributed by atoms with van der Waals surface area (Å²) in [4.78, 5) is 0. The molecule has 1 aromatic rings. The third-order valence-electron chi connectivity index (χ3n) is 3.30. The van der Waals surface area contributed by atoms with Crippen molar-refractivity contribution >= 4 is 0 Å². The molecular weight excluding hydrogens is 252 g/mol. The fourth-order valence-corrected chi connectivity index (χ4v) is 1.96. The molecule has 0 aliphatic heterocycles. The lowest BCUT2D eigenvalue weighted by Gasteiger charge is -2.24. The molecule has 0 aliphatic rings. The molecule has 0 spiro atoms. The molecule has 4 nitrogen and oxygen atoms in total. The monoisotopic (exact) mass is 276 g/mol. The molecule has 1 N–H and O–H groups in total. The van der Waals surface area contributed by atoms with E-state index in [-0.39, 0.29) is 5.41 Å².